The van der Waals surface area contributed by atoms with E-state index in [4.69, 9.17) is 10.5 Å². The van der Waals surface area contributed by atoms with Crippen LogP contribution in [0.3, 0.4) is 0 Å². The van der Waals surface area contributed by atoms with Crippen molar-refractivity contribution in [2.75, 3.05) is 13.2 Å². The minimum atomic E-state index is -0.260. The molecule has 108 valence electrons. The molecule has 2 N–H and O–H groups in total. The fourth-order valence-electron chi connectivity index (χ4n) is 2.60. The number of nitrogens with zero attached hydrogens (tertiary/aromatic N) is 1. The van der Waals surface area contributed by atoms with Gasteiger partial charge in [0.2, 0.25) is 5.91 Å². The van der Waals surface area contributed by atoms with E-state index in [1.807, 2.05) is 4.90 Å². The van der Waals surface area contributed by atoms with Gasteiger partial charge in [0.05, 0.1) is 19.1 Å². The summed E-state index contributed by atoms with van der Waals surface area (Å²) < 4.78 is 18.2. The van der Waals surface area contributed by atoms with E-state index >= 15 is 0 Å². The Hall–Kier alpha value is -1.46. The van der Waals surface area contributed by atoms with Gasteiger partial charge < -0.3 is 15.4 Å². The third-order valence-corrected chi connectivity index (χ3v) is 3.98. The van der Waals surface area contributed by atoms with Crippen molar-refractivity contribution in [3.05, 3.63) is 35.6 Å². The van der Waals surface area contributed by atoms with Crippen LogP contribution >= 0.6 is 0 Å². The fourth-order valence-corrected chi connectivity index (χ4v) is 2.60. The summed E-state index contributed by atoms with van der Waals surface area (Å²) in [5.74, 6) is -0.429. The first-order chi connectivity index (χ1) is 9.65. The molecule has 4 nitrogen and oxygen atoms in total. The van der Waals surface area contributed by atoms with Gasteiger partial charge in [-0.25, -0.2) is 4.39 Å². The third kappa shape index (κ3) is 2.83. The van der Waals surface area contributed by atoms with Gasteiger partial charge in [-0.05, 0) is 30.5 Å². The number of nitrogens with two attached hydrogens (primary N) is 1. The Bertz CT molecular complexity index is 487. The monoisotopic (exact) mass is 278 g/mol. The Morgan fingerprint density at radius 2 is 2.00 bits per heavy atom. The SMILES string of the molecule is NC1COCC1C(=O)N(Cc1ccc(F)cc1)C1CC1. The number of carbonyl (C=O) groups excluding carboxylic acids is 1. The standard InChI is InChI=1S/C15H19FN2O2/c16-11-3-1-10(2-4-11)7-18(12-5-6-12)15(19)13-8-20-9-14(13)17/h1-4,12-14H,5-9,17H2. The number of rotatable bonds is 4. The van der Waals surface area contributed by atoms with Crippen LogP contribution in [0.25, 0.3) is 0 Å². The minimum Gasteiger partial charge on any atom is -0.379 e. The van der Waals surface area contributed by atoms with Crippen molar-refractivity contribution in [2.24, 2.45) is 11.7 Å². The summed E-state index contributed by atoms with van der Waals surface area (Å²) in [5.41, 5.74) is 6.87. The van der Waals surface area contributed by atoms with Crippen molar-refractivity contribution in [1.82, 2.24) is 4.90 Å². The Labute approximate surface area is 117 Å². The van der Waals surface area contributed by atoms with Gasteiger partial charge in [-0.15, -0.1) is 0 Å². The summed E-state index contributed by atoms with van der Waals surface area (Å²) in [5, 5.41) is 0. The normalized spacial score (nSPS) is 25.7. The molecule has 1 aromatic carbocycles. The molecule has 2 aliphatic rings. The van der Waals surface area contributed by atoms with E-state index in [0.29, 0.717) is 25.8 Å². The molecule has 0 aromatic heterocycles. The van der Waals surface area contributed by atoms with Crippen LogP contribution in [0, 0.1) is 11.7 Å². The molecule has 1 heterocycles. The number of amides is 1. The number of hydrogen-bond acceptors (Lipinski definition) is 3. The van der Waals surface area contributed by atoms with E-state index in [1.54, 1.807) is 12.1 Å². The van der Waals surface area contributed by atoms with E-state index in [2.05, 4.69) is 0 Å². The van der Waals surface area contributed by atoms with Crippen molar-refractivity contribution in [3.63, 3.8) is 0 Å². The summed E-state index contributed by atoms with van der Waals surface area (Å²) in [6.07, 6.45) is 2.07. The maximum Gasteiger partial charge on any atom is 0.230 e. The molecule has 1 aliphatic heterocycles. The zero-order chi connectivity index (χ0) is 14.1. The predicted molar refractivity (Wildman–Crippen MR) is 72.3 cm³/mol. The van der Waals surface area contributed by atoms with Crippen LogP contribution in [0.15, 0.2) is 24.3 Å². The molecule has 1 aliphatic carbocycles. The molecule has 2 atom stereocenters. The topological polar surface area (TPSA) is 55.6 Å². The van der Waals surface area contributed by atoms with Gasteiger partial charge in [0.1, 0.15) is 5.82 Å². The van der Waals surface area contributed by atoms with Crippen LogP contribution in [0.4, 0.5) is 4.39 Å². The second-order valence-electron chi connectivity index (χ2n) is 5.63. The fraction of sp³-hybridized carbons (Fsp3) is 0.533. The number of hydrogen-bond donors (Lipinski definition) is 1. The van der Waals surface area contributed by atoms with Crippen molar-refractivity contribution < 1.29 is 13.9 Å². The molecule has 0 radical (unpaired) electrons. The predicted octanol–water partition coefficient (Wildman–Crippen LogP) is 1.29. The lowest BCUT2D eigenvalue weighted by Crippen LogP contribution is -2.44. The number of ether oxygens (including phenoxy) is 1. The average molecular weight is 278 g/mol. The highest BCUT2D eigenvalue weighted by atomic mass is 19.1. The molecule has 3 rings (SSSR count). The summed E-state index contributed by atoms with van der Waals surface area (Å²) in [7, 11) is 0. The zero-order valence-electron chi connectivity index (χ0n) is 11.3. The van der Waals surface area contributed by atoms with Crippen LogP contribution in [-0.2, 0) is 16.1 Å². The van der Waals surface area contributed by atoms with Crippen LogP contribution in [0.2, 0.25) is 0 Å². The van der Waals surface area contributed by atoms with Gasteiger partial charge in [-0.3, -0.25) is 4.79 Å². The molecule has 0 spiro atoms. The molecular formula is C15H19FN2O2. The molecule has 2 unspecified atom stereocenters. The van der Waals surface area contributed by atoms with Crippen LogP contribution in [0.1, 0.15) is 18.4 Å². The van der Waals surface area contributed by atoms with E-state index in [9.17, 15) is 9.18 Å². The van der Waals surface area contributed by atoms with Crippen LogP contribution in [-0.4, -0.2) is 36.1 Å². The Kier molecular flexibility index (Phi) is 3.72. The number of benzene rings is 1. The first kappa shape index (κ1) is 13.5. The summed E-state index contributed by atoms with van der Waals surface area (Å²) >= 11 is 0. The molecule has 2 fully saturated rings. The minimum absolute atomic E-state index is 0.0711. The zero-order valence-corrected chi connectivity index (χ0v) is 11.3. The van der Waals surface area contributed by atoms with Gasteiger partial charge >= 0.3 is 0 Å². The lowest BCUT2D eigenvalue weighted by Gasteiger charge is -2.26. The van der Waals surface area contributed by atoms with E-state index in [1.165, 1.54) is 12.1 Å². The quantitative estimate of drug-likeness (QED) is 0.903. The third-order valence-electron chi connectivity index (χ3n) is 3.98. The van der Waals surface area contributed by atoms with Crippen molar-refractivity contribution in [1.29, 1.82) is 0 Å². The smallest absolute Gasteiger partial charge is 0.230 e. The molecule has 5 heteroatoms. The molecule has 1 aromatic rings. The van der Waals surface area contributed by atoms with Gasteiger partial charge in [0.25, 0.3) is 0 Å². The number of halogens is 1. The van der Waals surface area contributed by atoms with Gasteiger partial charge in [0, 0.05) is 18.6 Å². The average Bonchev–Trinajstić information content (AvgIpc) is 3.19. The highest BCUT2D eigenvalue weighted by Gasteiger charge is 2.40. The largest absolute Gasteiger partial charge is 0.379 e. The molecule has 1 amide bonds. The Morgan fingerprint density at radius 1 is 1.30 bits per heavy atom. The lowest BCUT2D eigenvalue weighted by atomic mass is 10.0. The Morgan fingerprint density at radius 3 is 2.55 bits per heavy atom. The molecular weight excluding hydrogens is 259 g/mol. The second-order valence-corrected chi connectivity index (χ2v) is 5.63. The molecule has 20 heavy (non-hydrogen) atoms. The summed E-state index contributed by atoms with van der Waals surface area (Å²) in [6.45, 7) is 1.38. The van der Waals surface area contributed by atoms with Gasteiger partial charge in [-0.2, -0.15) is 0 Å². The first-order valence-electron chi connectivity index (χ1n) is 7.03. The molecule has 1 saturated heterocycles. The van der Waals surface area contributed by atoms with Crippen LogP contribution in [0.5, 0.6) is 0 Å². The van der Waals surface area contributed by atoms with E-state index in [-0.39, 0.29) is 23.7 Å². The van der Waals surface area contributed by atoms with Crippen molar-refractivity contribution in [3.8, 4) is 0 Å². The second kappa shape index (κ2) is 5.50. The van der Waals surface area contributed by atoms with Crippen LogP contribution < -0.4 is 5.73 Å². The van der Waals surface area contributed by atoms with Crippen molar-refractivity contribution >= 4 is 5.91 Å². The lowest BCUT2D eigenvalue weighted by molar-refractivity contribution is -0.137. The molecule has 0 bridgehead atoms. The summed E-state index contributed by atoms with van der Waals surface area (Å²) in [6, 6.07) is 6.40. The van der Waals surface area contributed by atoms with Gasteiger partial charge in [-0.1, -0.05) is 12.1 Å². The maximum absolute atomic E-state index is 12.9. The van der Waals surface area contributed by atoms with Crippen molar-refractivity contribution in [2.45, 2.75) is 31.5 Å². The highest BCUT2D eigenvalue weighted by Crippen LogP contribution is 2.31. The van der Waals surface area contributed by atoms with E-state index < -0.39 is 0 Å². The Balaban J connectivity index is 1.72. The summed E-state index contributed by atoms with van der Waals surface area (Å²) in [4.78, 5) is 14.5. The van der Waals surface area contributed by atoms with E-state index in [0.717, 1.165) is 18.4 Å². The maximum atomic E-state index is 12.9. The van der Waals surface area contributed by atoms with Gasteiger partial charge in [0.15, 0.2) is 0 Å². The highest BCUT2D eigenvalue weighted by molar-refractivity contribution is 5.80. The first-order valence-corrected chi connectivity index (χ1v) is 7.03. The molecule has 1 saturated carbocycles. The number of carbonyl (C=O) groups is 1.